The van der Waals surface area contributed by atoms with Crippen LogP contribution in [0, 0.1) is 17.6 Å². The molecule has 0 amide bonds. The van der Waals surface area contributed by atoms with Crippen molar-refractivity contribution in [1.82, 2.24) is 9.97 Å². The Morgan fingerprint density at radius 3 is 2.50 bits per heavy atom. The van der Waals surface area contributed by atoms with Gasteiger partial charge in [-0.05, 0) is 30.9 Å². The first-order valence-corrected chi connectivity index (χ1v) is 8.30. The molecule has 0 radical (unpaired) electrons. The Balaban J connectivity index is 1.81. The third kappa shape index (κ3) is 3.89. The highest BCUT2D eigenvalue weighted by molar-refractivity contribution is 5.67. The minimum absolute atomic E-state index is 0.0428. The SMILES string of the molecule is COc1cncc(-c2cc(F)c(N3CCC(CC(=O)O)CC3)c(F)c2)n1. The van der Waals surface area contributed by atoms with E-state index >= 15 is 0 Å². The zero-order valence-corrected chi connectivity index (χ0v) is 14.3. The number of aromatic nitrogens is 2. The Morgan fingerprint density at radius 1 is 1.27 bits per heavy atom. The minimum atomic E-state index is -0.843. The molecule has 1 aliphatic heterocycles. The largest absolute Gasteiger partial charge is 0.481 e. The molecule has 138 valence electrons. The van der Waals surface area contributed by atoms with Crippen LogP contribution >= 0.6 is 0 Å². The van der Waals surface area contributed by atoms with Gasteiger partial charge in [0.15, 0.2) is 0 Å². The van der Waals surface area contributed by atoms with Crippen LogP contribution in [0.5, 0.6) is 5.88 Å². The van der Waals surface area contributed by atoms with Gasteiger partial charge in [-0.15, -0.1) is 0 Å². The number of hydrogen-bond acceptors (Lipinski definition) is 5. The number of benzene rings is 1. The van der Waals surface area contributed by atoms with Gasteiger partial charge in [-0.1, -0.05) is 0 Å². The van der Waals surface area contributed by atoms with Gasteiger partial charge in [0.1, 0.15) is 17.3 Å². The summed E-state index contributed by atoms with van der Waals surface area (Å²) in [5.74, 6) is -1.90. The number of rotatable bonds is 5. The topological polar surface area (TPSA) is 75.5 Å². The molecule has 6 nitrogen and oxygen atoms in total. The molecule has 2 aromatic rings. The zero-order chi connectivity index (χ0) is 18.7. The number of nitrogens with zero attached hydrogens (tertiary/aromatic N) is 3. The highest BCUT2D eigenvalue weighted by atomic mass is 19.1. The van der Waals surface area contributed by atoms with Crippen molar-refractivity contribution in [3.63, 3.8) is 0 Å². The van der Waals surface area contributed by atoms with Crippen LogP contribution in [0.2, 0.25) is 0 Å². The third-order valence-corrected chi connectivity index (χ3v) is 4.53. The van der Waals surface area contributed by atoms with Gasteiger partial charge >= 0.3 is 5.97 Å². The van der Waals surface area contributed by atoms with Crippen molar-refractivity contribution in [3.05, 3.63) is 36.2 Å². The van der Waals surface area contributed by atoms with Gasteiger partial charge in [-0.2, -0.15) is 0 Å². The van der Waals surface area contributed by atoms with Gasteiger partial charge in [0.25, 0.3) is 0 Å². The standard InChI is InChI=1S/C18H19F2N3O3/c1-26-16-10-21-9-15(22-16)12-7-13(19)18(14(20)8-12)23-4-2-11(3-5-23)6-17(24)25/h7-11H,2-6H2,1H3,(H,24,25). The fourth-order valence-electron chi connectivity index (χ4n) is 3.21. The maximum atomic E-state index is 14.6. The van der Waals surface area contributed by atoms with Gasteiger partial charge in [-0.25, -0.2) is 13.8 Å². The van der Waals surface area contributed by atoms with E-state index in [4.69, 9.17) is 9.84 Å². The smallest absolute Gasteiger partial charge is 0.303 e. The maximum absolute atomic E-state index is 14.6. The summed E-state index contributed by atoms with van der Waals surface area (Å²) in [5.41, 5.74) is 0.503. The van der Waals surface area contributed by atoms with Crippen LogP contribution in [0.25, 0.3) is 11.3 Å². The molecule has 1 aromatic heterocycles. The number of anilines is 1. The number of hydrogen-bond donors (Lipinski definition) is 1. The predicted molar refractivity (Wildman–Crippen MR) is 91.1 cm³/mol. The normalized spacial score (nSPS) is 15.1. The van der Waals surface area contributed by atoms with Crippen LogP contribution < -0.4 is 9.64 Å². The lowest BCUT2D eigenvalue weighted by molar-refractivity contribution is -0.138. The number of halogens is 2. The van der Waals surface area contributed by atoms with E-state index in [1.54, 1.807) is 4.90 Å². The van der Waals surface area contributed by atoms with Gasteiger partial charge in [-0.3, -0.25) is 9.78 Å². The quantitative estimate of drug-likeness (QED) is 0.880. The lowest BCUT2D eigenvalue weighted by Crippen LogP contribution is -2.35. The Bertz CT molecular complexity index is 785. The van der Waals surface area contributed by atoms with Gasteiger partial charge < -0.3 is 14.7 Å². The fourth-order valence-corrected chi connectivity index (χ4v) is 3.21. The van der Waals surface area contributed by atoms with E-state index in [9.17, 15) is 13.6 Å². The molecule has 1 N–H and O–H groups in total. The number of aliphatic carboxylic acids is 1. The summed E-state index contributed by atoms with van der Waals surface area (Å²) in [4.78, 5) is 20.5. The second kappa shape index (κ2) is 7.63. The van der Waals surface area contributed by atoms with Crippen molar-refractivity contribution in [1.29, 1.82) is 0 Å². The van der Waals surface area contributed by atoms with Gasteiger partial charge in [0.2, 0.25) is 5.88 Å². The molecule has 0 bridgehead atoms. The molecule has 3 rings (SSSR count). The lowest BCUT2D eigenvalue weighted by Gasteiger charge is -2.33. The molecule has 1 saturated heterocycles. The van der Waals surface area contributed by atoms with Crippen molar-refractivity contribution in [3.8, 4) is 17.1 Å². The summed E-state index contributed by atoms with van der Waals surface area (Å²) >= 11 is 0. The molecule has 8 heteroatoms. The monoisotopic (exact) mass is 363 g/mol. The molecule has 2 heterocycles. The molecule has 1 aliphatic rings. The Kier molecular flexibility index (Phi) is 5.29. The van der Waals surface area contributed by atoms with Crippen molar-refractivity contribution in [2.24, 2.45) is 5.92 Å². The highest BCUT2D eigenvalue weighted by Gasteiger charge is 2.25. The van der Waals surface area contributed by atoms with Crippen molar-refractivity contribution < 1.29 is 23.4 Å². The number of carbonyl (C=O) groups is 1. The molecule has 0 spiro atoms. The number of ether oxygens (including phenoxy) is 1. The molecular formula is C18H19F2N3O3. The van der Waals surface area contributed by atoms with E-state index in [-0.39, 0.29) is 29.5 Å². The molecule has 26 heavy (non-hydrogen) atoms. The minimum Gasteiger partial charge on any atom is -0.481 e. The first-order valence-electron chi connectivity index (χ1n) is 8.30. The Labute approximate surface area is 149 Å². The van der Waals surface area contributed by atoms with Crippen LogP contribution in [0.1, 0.15) is 19.3 Å². The first-order chi connectivity index (χ1) is 12.5. The predicted octanol–water partition coefficient (Wildman–Crippen LogP) is 3.12. The highest BCUT2D eigenvalue weighted by Crippen LogP contribution is 2.32. The second-order valence-corrected chi connectivity index (χ2v) is 6.26. The van der Waals surface area contributed by atoms with E-state index < -0.39 is 17.6 Å². The third-order valence-electron chi connectivity index (χ3n) is 4.53. The van der Waals surface area contributed by atoms with E-state index in [1.807, 2.05) is 0 Å². The van der Waals surface area contributed by atoms with Gasteiger partial charge in [0.05, 0.1) is 25.2 Å². The van der Waals surface area contributed by atoms with Crippen LogP contribution in [0.15, 0.2) is 24.5 Å². The Hall–Kier alpha value is -2.77. The van der Waals surface area contributed by atoms with Crippen LogP contribution in [-0.2, 0) is 4.79 Å². The molecule has 1 aromatic carbocycles. The second-order valence-electron chi connectivity index (χ2n) is 6.26. The molecule has 0 aliphatic carbocycles. The molecule has 1 fully saturated rings. The van der Waals surface area contributed by atoms with E-state index in [2.05, 4.69) is 9.97 Å². The van der Waals surface area contributed by atoms with Crippen molar-refractivity contribution in [2.75, 3.05) is 25.1 Å². The summed E-state index contributed by atoms with van der Waals surface area (Å²) in [6.07, 6.45) is 4.09. The Morgan fingerprint density at radius 2 is 1.92 bits per heavy atom. The average molecular weight is 363 g/mol. The first kappa shape index (κ1) is 18.0. The number of piperidine rings is 1. The zero-order valence-electron chi connectivity index (χ0n) is 14.3. The van der Waals surface area contributed by atoms with Crippen LogP contribution in [0.3, 0.4) is 0 Å². The van der Waals surface area contributed by atoms with E-state index in [1.165, 1.54) is 31.6 Å². The van der Waals surface area contributed by atoms with E-state index in [0.29, 0.717) is 31.6 Å². The molecule has 0 saturated carbocycles. The van der Waals surface area contributed by atoms with E-state index in [0.717, 1.165) is 0 Å². The van der Waals surface area contributed by atoms with Gasteiger partial charge in [0, 0.05) is 25.1 Å². The lowest BCUT2D eigenvalue weighted by atomic mass is 9.93. The molecule has 0 atom stereocenters. The molecule has 0 unspecified atom stereocenters. The fraction of sp³-hybridized carbons (Fsp3) is 0.389. The summed E-state index contributed by atoms with van der Waals surface area (Å²) in [5, 5.41) is 8.86. The van der Waals surface area contributed by atoms with Crippen LogP contribution in [-0.4, -0.2) is 41.2 Å². The maximum Gasteiger partial charge on any atom is 0.303 e. The average Bonchev–Trinajstić information content (AvgIpc) is 2.62. The summed E-state index contributed by atoms with van der Waals surface area (Å²) < 4.78 is 34.2. The van der Waals surface area contributed by atoms with Crippen molar-refractivity contribution in [2.45, 2.75) is 19.3 Å². The summed E-state index contributed by atoms with van der Waals surface area (Å²) in [7, 11) is 1.44. The summed E-state index contributed by atoms with van der Waals surface area (Å²) in [6.45, 7) is 0.841. The number of methoxy groups -OCH3 is 1. The number of carboxylic acids is 1. The number of carboxylic acid groups (broad SMARTS) is 1. The van der Waals surface area contributed by atoms with Crippen LogP contribution in [0.4, 0.5) is 14.5 Å². The van der Waals surface area contributed by atoms with Crippen molar-refractivity contribution >= 4 is 11.7 Å². The molecular weight excluding hydrogens is 344 g/mol. The summed E-state index contributed by atoms with van der Waals surface area (Å²) in [6, 6.07) is 2.45.